The van der Waals surface area contributed by atoms with Crippen LogP contribution in [0.25, 0.3) is 0 Å². The van der Waals surface area contributed by atoms with Gasteiger partial charge >= 0.3 is 5.82 Å². The van der Waals surface area contributed by atoms with Crippen LogP contribution in [0.1, 0.15) is 18.5 Å². The molecule has 9 nitrogen and oxygen atoms in total. The Labute approximate surface area is 132 Å². The second-order valence-electron chi connectivity index (χ2n) is 4.52. The fraction of sp³-hybridized carbons (Fsp3) is 0.429. The highest BCUT2D eigenvalue weighted by atomic mass is 16.6. The fourth-order valence-corrected chi connectivity index (χ4v) is 1.74. The van der Waals surface area contributed by atoms with E-state index < -0.39 is 23.3 Å². The zero-order valence-corrected chi connectivity index (χ0v) is 12.6. The van der Waals surface area contributed by atoms with Crippen molar-refractivity contribution >= 4 is 11.7 Å². The van der Waals surface area contributed by atoms with Gasteiger partial charge in [0.1, 0.15) is 5.69 Å². The summed E-state index contributed by atoms with van der Waals surface area (Å²) in [6.07, 6.45) is 0.257. The molecule has 9 heteroatoms. The van der Waals surface area contributed by atoms with Gasteiger partial charge in [0.05, 0.1) is 25.0 Å². The van der Waals surface area contributed by atoms with E-state index in [9.17, 15) is 14.9 Å². The summed E-state index contributed by atoms with van der Waals surface area (Å²) in [6.45, 7) is 1.53. The van der Waals surface area contributed by atoms with Gasteiger partial charge in [0, 0.05) is 20.0 Å². The molecule has 0 aliphatic rings. The summed E-state index contributed by atoms with van der Waals surface area (Å²) in [5, 5.41) is 28.1. The van der Waals surface area contributed by atoms with Crippen molar-refractivity contribution in [3.05, 3.63) is 27.9 Å². The normalized spacial score (nSPS) is 9.52. The zero-order chi connectivity index (χ0) is 17.2. The quantitative estimate of drug-likeness (QED) is 0.521. The lowest BCUT2D eigenvalue weighted by atomic mass is 10.3. The Hall–Kier alpha value is -3.20. The van der Waals surface area contributed by atoms with Crippen LogP contribution in [-0.2, 0) is 4.79 Å². The van der Waals surface area contributed by atoms with Gasteiger partial charge in [-0.05, 0) is 22.0 Å². The Kier molecular flexibility index (Phi) is 6.95. The summed E-state index contributed by atoms with van der Waals surface area (Å²) < 4.78 is 5.19. The van der Waals surface area contributed by atoms with Crippen LogP contribution >= 0.6 is 0 Å². The van der Waals surface area contributed by atoms with Gasteiger partial charge in [-0.3, -0.25) is 4.79 Å². The molecule has 0 bridgehead atoms. The van der Waals surface area contributed by atoms with Crippen LogP contribution in [0.5, 0.6) is 5.75 Å². The van der Waals surface area contributed by atoms with Gasteiger partial charge in [-0.15, -0.1) is 0 Å². The SMILES string of the molecule is Cc1ccc(OCC(=O)N(CCC#N)CCC#N)c([N+](=O)[O-])n1. The smallest absolute Gasteiger partial charge is 0.406 e. The van der Waals surface area contributed by atoms with Crippen LogP contribution in [-0.4, -0.2) is 40.4 Å². The van der Waals surface area contributed by atoms with Crippen molar-refractivity contribution in [1.82, 2.24) is 9.88 Å². The molecule has 1 aromatic rings. The Bertz CT molecular complexity index is 644. The largest absolute Gasteiger partial charge is 0.476 e. The number of nitro groups is 1. The Morgan fingerprint density at radius 2 is 1.96 bits per heavy atom. The van der Waals surface area contributed by atoms with E-state index in [2.05, 4.69) is 4.98 Å². The van der Waals surface area contributed by atoms with Gasteiger partial charge in [0.15, 0.2) is 6.61 Å². The van der Waals surface area contributed by atoms with E-state index in [0.29, 0.717) is 5.69 Å². The lowest BCUT2D eigenvalue weighted by Crippen LogP contribution is -2.36. The van der Waals surface area contributed by atoms with Crippen LogP contribution in [0, 0.1) is 39.7 Å². The van der Waals surface area contributed by atoms with Crippen molar-refractivity contribution in [2.75, 3.05) is 19.7 Å². The maximum atomic E-state index is 12.1. The molecule has 0 aliphatic heterocycles. The monoisotopic (exact) mass is 317 g/mol. The average molecular weight is 317 g/mol. The number of hydrogen-bond donors (Lipinski definition) is 0. The van der Waals surface area contributed by atoms with E-state index >= 15 is 0 Å². The topological polar surface area (TPSA) is 133 Å². The summed E-state index contributed by atoms with van der Waals surface area (Å²) >= 11 is 0. The molecule has 0 saturated carbocycles. The van der Waals surface area contributed by atoms with Crippen LogP contribution in [0.4, 0.5) is 5.82 Å². The van der Waals surface area contributed by atoms with Gasteiger partial charge in [0.2, 0.25) is 5.75 Å². The van der Waals surface area contributed by atoms with Crippen LogP contribution in [0.3, 0.4) is 0 Å². The summed E-state index contributed by atoms with van der Waals surface area (Å²) in [6, 6.07) is 6.75. The molecule has 0 spiro atoms. The zero-order valence-electron chi connectivity index (χ0n) is 12.6. The molecule has 1 amide bonds. The number of pyridine rings is 1. The number of nitrogens with zero attached hydrogens (tertiary/aromatic N) is 5. The third kappa shape index (κ3) is 5.59. The molecule has 23 heavy (non-hydrogen) atoms. The summed E-state index contributed by atoms with van der Waals surface area (Å²) in [7, 11) is 0. The molecular formula is C14H15N5O4. The first-order chi connectivity index (χ1) is 11.0. The van der Waals surface area contributed by atoms with Gasteiger partial charge in [-0.1, -0.05) is 0 Å². The van der Waals surface area contributed by atoms with Crippen molar-refractivity contribution in [3.8, 4) is 17.9 Å². The minimum Gasteiger partial charge on any atom is -0.476 e. The molecule has 120 valence electrons. The third-order valence-corrected chi connectivity index (χ3v) is 2.84. The number of amides is 1. The van der Waals surface area contributed by atoms with E-state index in [4.69, 9.17) is 15.3 Å². The molecule has 0 saturated heterocycles. The Balaban J connectivity index is 2.75. The third-order valence-electron chi connectivity index (χ3n) is 2.84. The predicted octanol–water partition coefficient (Wildman–Crippen LogP) is 1.33. The highest BCUT2D eigenvalue weighted by molar-refractivity contribution is 5.78. The molecule has 0 fully saturated rings. The first-order valence-corrected chi connectivity index (χ1v) is 6.76. The minimum atomic E-state index is -0.685. The van der Waals surface area contributed by atoms with E-state index in [1.54, 1.807) is 6.92 Å². The first-order valence-electron chi connectivity index (χ1n) is 6.76. The van der Waals surface area contributed by atoms with Crippen LogP contribution in [0.15, 0.2) is 12.1 Å². The summed E-state index contributed by atoms with van der Waals surface area (Å²) in [5.41, 5.74) is 0.458. The van der Waals surface area contributed by atoms with Gasteiger partial charge < -0.3 is 19.8 Å². The van der Waals surface area contributed by atoms with E-state index in [1.165, 1.54) is 17.0 Å². The van der Waals surface area contributed by atoms with Gasteiger partial charge in [-0.2, -0.15) is 10.5 Å². The number of aryl methyl sites for hydroxylation is 1. The fourth-order valence-electron chi connectivity index (χ4n) is 1.74. The Morgan fingerprint density at radius 1 is 1.35 bits per heavy atom. The molecule has 0 atom stereocenters. The number of nitriles is 2. The lowest BCUT2D eigenvalue weighted by Gasteiger charge is -2.20. The van der Waals surface area contributed by atoms with Crippen molar-refractivity contribution < 1.29 is 14.5 Å². The first kappa shape index (κ1) is 17.9. The molecule has 0 radical (unpaired) electrons. The standard InChI is InChI=1S/C14H15N5O4/c1-11-4-5-12(14(17-11)19(21)22)23-10-13(20)18(8-2-6-15)9-3-7-16/h4-5H,2-3,8-10H2,1H3. The molecular weight excluding hydrogens is 302 g/mol. The molecule has 0 aromatic carbocycles. The number of hydrogen-bond acceptors (Lipinski definition) is 7. The van der Waals surface area contributed by atoms with E-state index in [-0.39, 0.29) is 31.7 Å². The van der Waals surface area contributed by atoms with Gasteiger partial charge in [0.25, 0.3) is 5.91 Å². The summed E-state index contributed by atoms with van der Waals surface area (Å²) in [4.78, 5) is 27.4. The number of aromatic nitrogens is 1. The van der Waals surface area contributed by atoms with Crippen molar-refractivity contribution in [2.24, 2.45) is 0 Å². The molecule has 1 heterocycles. The highest BCUT2D eigenvalue weighted by Crippen LogP contribution is 2.24. The predicted molar refractivity (Wildman–Crippen MR) is 78.2 cm³/mol. The molecule has 0 aliphatic carbocycles. The molecule has 0 unspecified atom stereocenters. The maximum absolute atomic E-state index is 12.1. The number of carbonyl (C=O) groups excluding carboxylic acids is 1. The average Bonchev–Trinajstić information content (AvgIpc) is 2.53. The van der Waals surface area contributed by atoms with E-state index in [1.807, 2.05) is 12.1 Å². The van der Waals surface area contributed by atoms with Crippen molar-refractivity contribution in [3.63, 3.8) is 0 Å². The van der Waals surface area contributed by atoms with Gasteiger partial charge in [-0.25, -0.2) is 0 Å². The number of ether oxygens (including phenoxy) is 1. The maximum Gasteiger partial charge on any atom is 0.406 e. The lowest BCUT2D eigenvalue weighted by molar-refractivity contribution is -0.390. The van der Waals surface area contributed by atoms with Crippen molar-refractivity contribution in [2.45, 2.75) is 19.8 Å². The summed E-state index contributed by atoms with van der Waals surface area (Å²) in [5.74, 6) is -1.02. The second kappa shape index (κ2) is 8.95. The van der Waals surface area contributed by atoms with E-state index in [0.717, 1.165) is 0 Å². The Morgan fingerprint density at radius 3 is 2.48 bits per heavy atom. The number of rotatable bonds is 8. The van der Waals surface area contributed by atoms with Crippen LogP contribution in [0.2, 0.25) is 0 Å². The van der Waals surface area contributed by atoms with Crippen LogP contribution < -0.4 is 4.74 Å². The number of carbonyl (C=O) groups is 1. The minimum absolute atomic E-state index is 0.102. The highest BCUT2D eigenvalue weighted by Gasteiger charge is 2.20. The molecule has 0 N–H and O–H groups in total. The molecule has 1 aromatic heterocycles. The molecule has 1 rings (SSSR count). The second-order valence-corrected chi connectivity index (χ2v) is 4.52. The van der Waals surface area contributed by atoms with Crippen molar-refractivity contribution in [1.29, 1.82) is 10.5 Å².